The number of hydrogen-bond acceptors (Lipinski definition) is 1. The fourth-order valence-electron chi connectivity index (χ4n) is 2.06. The second-order valence-electron chi connectivity index (χ2n) is 4.76. The molecule has 100 valence electrons. The number of carbonyl (C=O) groups excluding carboxylic acids is 1. The minimum absolute atomic E-state index is 0.0692. The van der Waals surface area contributed by atoms with Crippen LogP contribution in [-0.4, -0.2) is 31.1 Å². The molecule has 0 atom stereocenters. The van der Waals surface area contributed by atoms with Crippen molar-refractivity contribution in [2.75, 3.05) is 20.1 Å². The first-order valence-electron chi connectivity index (χ1n) is 6.63. The third-order valence-electron chi connectivity index (χ3n) is 3.03. The molecule has 2 amide bonds. The van der Waals surface area contributed by atoms with Crippen molar-refractivity contribution in [1.29, 1.82) is 0 Å². The van der Waals surface area contributed by atoms with Crippen LogP contribution in [0.4, 0.5) is 4.79 Å². The van der Waals surface area contributed by atoms with E-state index < -0.39 is 0 Å². The first-order chi connectivity index (χ1) is 8.63. The summed E-state index contributed by atoms with van der Waals surface area (Å²) in [7, 11) is 1.68. The Kier molecular flexibility index (Phi) is 6.26. The standard InChI is InChI=1S/C8H10.C7H14N2O/c1-7-4-3-5-8(2)6-7;1-8-7(10)9-5-3-2-4-6-9/h3-6H,1-2H3;2-6H2,1H3,(H,8,10). The molecule has 3 nitrogen and oxygen atoms in total. The molecular weight excluding hydrogens is 224 g/mol. The van der Waals surface area contributed by atoms with E-state index in [0.717, 1.165) is 25.9 Å². The van der Waals surface area contributed by atoms with E-state index in [9.17, 15) is 4.79 Å². The smallest absolute Gasteiger partial charge is 0.317 e. The minimum atomic E-state index is 0.0692. The highest BCUT2D eigenvalue weighted by Crippen LogP contribution is 2.07. The minimum Gasteiger partial charge on any atom is -0.341 e. The summed E-state index contributed by atoms with van der Waals surface area (Å²) in [4.78, 5) is 12.8. The summed E-state index contributed by atoms with van der Waals surface area (Å²) in [6.07, 6.45) is 3.59. The normalized spacial score (nSPS) is 14.5. The third kappa shape index (κ3) is 5.21. The Hall–Kier alpha value is -1.51. The van der Waals surface area contributed by atoms with Crippen molar-refractivity contribution < 1.29 is 4.79 Å². The molecule has 0 unspecified atom stereocenters. The SMILES string of the molecule is CNC(=O)N1CCCCC1.Cc1cccc(C)c1. The van der Waals surface area contributed by atoms with Crippen molar-refractivity contribution in [3.05, 3.63) is 35.4 Å². The Balaban J connectivity index is 0.000000184. The van der Waals surface area contributed by atoms with Crippen molar-refractivity contribution in [3.63, 3.8) is 0 Å². The second-order valence-corrected chi connectivity index (χ2v) is 4.76. The maximum absolute atomic E-state index is 11.0. The largest absolute Gasteiger partial charge is 0.341 e. The van der Waals surface area contributed by atoms with E-state index in [2.05, 4.69) is 43.4 Å². The van der Waals surface area contributed by atoms with Crippen molar-refractivity contribution >= 4 is 6.03 Å². The summed E-state index contributed by atoms with van der Waals surface area (Å²) < 4.78 is 0. The van der Waals surface area contributed by atoms with Crippen molar-refractivity contribution in [1.82, 2.24) is 10.2 Å². The van der Waals surface area contributed by atoms with Gasteiger partial charge in [0, 0.05) is 20.1 Å². The quantitative estimate of drug-likeness (QED) is 0.751. The number of hydrogen-bond donors (Lipinski definition) is 1. The fraction of sp³-hybridized carbons (Fsp3) is 0.533. The van der Waals surface area contributed by atoms with Gasteiger partial charge in [0.25, 0.3) is 0 Å². The molecule has 1 aliphatic heterocycles. The van der Waals surface area contributed by atoms with Gasteiger partial charge >= 0.3 is 6.03 Å². The second kappa shape index (κ2) is 7.75. The van der Waals surface area contributed by atoms with E-state index in [-0.39, 0.29) is 6.03 Å². The molecule has 0 aliphatic carbocycles. The van der Waals surface area contributed by atoms with E-state index in [1.807, 2.05) is 4.90 Å². The van der Waals surface area contributed by atoms with Gasteiger partial charge in [-0.1, -0.05) is 35.4 Å². The number of piperidine rings is 1. The molecule has 18 heavy (non-hydrogen) atoms. The van der Waals surface area contributed by atoms with Crippen LogP contribution < -0.4 is 5.32 Å². The molecule has 0 aromatic heterocycles. The van der Waals surface area contributed by atoms with Crippen LogP contribution in [-0.2, 0) is 0 Å². The van der Waals surface area contributed by atoms with Crippen LogP contribution in [0.3, 0.4) is 0 Å². The summed E-state index contributed by atoms with van der Waals surface area (Å²) in [5.74, 6) is 0. The lowest BCUT2D eigenvalue weighted by atomic mass is 10.1. The predicted octanol–water partition coefficient (Wildman–Crippen LogP) is 3.12. The molecule has 1 N–H and O–H groups in total. The van der Waals surface area contributed by atoms with Crippen LogP contribution in [0, 0.1) is 13.8 Å². The van der Waals surface area contributed by atoms with Gasteiger partial charge in [0.05, 0.1) is 0 Å². The van der Waals surface area contributed by atoms with E-state index in [4.69, 9.17) is 0 Å². The van der Waals surface area contributed by atoms with Gasteiger partial charge in [0.15, 0.2) is 0 Å². The van der Waals surface area contributed by atoms with Crippen LogP contribution in [0.15, 0.2) is 24.3 Å². The van der Waals surface area contributed by atoms with E-state index in [0.29, 0.717) is 0 Å². The summed E-state index contributed by atoms with van der Waals surface area (Å²) >= 11 is 0. The molecule has 1 aromatic carbocycles. The zero-order chi connectivity index (χ0) is 13.4. The Morgan fingerprint density at radius 3 is 2.06 bits per heavy atom. The van der Waals surface area contributed by atoms with Crippen LogP contribution in [0.25, 0.3) is 0 Å². The van der Waals surface area contributed by atoms with Gasteiger partial charge in [0.1, 0.15) is 0 Å². The Bertz CT molecular complexity index is 353. The summed E-state index contributed by atoms with van der Waals surface area (Å²) in [5.41, 5.74) is 2.68. The fourth-order valence-corrected chi connectivity index (χ4v) is 2.06. The van der Waals surface area contributed by atoms with E-state index in [1.54, 1.807) is 7.05 Å². The van der Waals surface area contributed by atoms with Gasteiger partial charge in [-0.2, -0.15) is 0 Å². The lowest BCUT2D eigenvalue weighted by Crippen LogP contribution is -2.41. The highest BCUT2D eigenvalue weighted by atomic mass is 16.2. The number of aryl methyl sites for hydroxylation is 2. The average molecular weight is 248 g/mol. The number of benzene rings is 1. The summed E-state index contributed by atoms with van der Waals surface area (Å²) in [6, 6.07) is 8.52. The lowest BCUT2D eigenvalue weighted by molar-refractivity contribution is 0.188. The molecule has 1 aromatic rings. The highest BCUT2D eigenvalue weighted by molar-refractivity contribution is 5.73. The monoisotopic (exact) mass is 248 g/mol. The van der Waals surface area contributed by atoms with Gasteiger partial charge in [0.2, 0.25) is 0 Å². The molecule has 0 radical (unpaired) electrons. The predicted molar refractivity (Wildman–Crippen MR) is 75.8 cm³/mol. The molecule has 1 heterocycles. The number of rotatable bonds is 0. The number of nitrogens with zero attached hydrogens (tertiary/aromatic N) is 1. The molecule has 1 saturated heterocycles. The van der Waals surface area contributed by atoms with Gasteiger partial charge in [-0.15, -0.1) is 0 Å². The molecule has 1 fully saturated rings. The molecule has 1 aliphatic rings. The first kappa shape index (κ1) is 14.6. The van der Waals surface area contributed by atoms with Crippen molar-refractivity contribution in [2.24, 2.45) is 0 Å². The maximum Gasteiger partial charge on any atom is 0.317 e. The Labute approximate surface area is 110 Å². The Morgan fingerprint density at radius 2 is 1.67 bits per heavy atom. The number of urea groups is 1. The highest BCUT2D eigenvalue weighted by Gasteiger charge is 2.13. The molecular formula is C15H24N2O. The molecule has 0 spiro atoms. The zero-order valence-electron chi connectivity index (χ0n) is 11.7. The Morgan fingerprint density at radius 1 is 1.11 bits per heavy atom. The summed E-state index contributed by atoms with van der Waals surface area (Å²) in [6.45, 7) is 6.07. The maximum atomic E-state index is 11.0. The average Bonchev–Trinajstić information content (AvgIpc) is 2.39. The number of carbonyl (C=O) groups is 1. The molecule has 0 saturated carbocycles. The third-order valence-corrected chi connectivity index (χ3v) is 3.03. The molecule has 2 rings (SSSR count). The molecule has 0 bridgehead atoms. The van der Waals surface area contributed by atoms with Crippen LogP contribution >= 0.6 is 0 Å². The summed E-state index contributed by atoms with van der Waals surface area (Å²) in [5, 5.41) is 2.62. The lowest BCUT2D eigenvalue weighted by Gasteiger charge is -2.25. The molecule has 3 heteroatoms. The van der Waals surface area contributed by atoms with Gasteiger partial charge in [-0.05, 0) is 33.1 Å². The van der Waals surface area contributed by atoms with Crippen LogP contribution in [0.2, 0.25) is 0 Å². The topological polar surface area (TPSA) is 32.3 Å². The number of likely N-dealkylation sites (tertiary alicyclic amines) is 1. The van der Waals surface area contributed by atoms with Crippen LogP contribution in [0.1, 0.15) is 30.4 Å². The number of amides is 2. The van der Waals surface area contributed by atoms with Gasteiger partial charge in [-0.3, -0.25) is 0 Å². The van der Waals surface area contributed by atoms with E-state index >= 15 is 0 Å². The van der Waals surface area contributed by atoms with Gasteiger partial charge < -0.3 is 10.2 Å². The van der Waals surface area contributed by atoms with E-state index in [1.165, 1.54) is 17.5 Å². The van der Waals surface area contributed by atoms with Crippen LogP contribution in [0.5, 0.6) is 0 Å². The first-order valence-corrected chi connectivity index (χ1v) is 6.63. The van der Waals surface area contributed by atoms with Gasteiger partial charge in [-0.25, -0.2) is 4.79 Å². The zero-order valence-corrected chi connectivity index (χ0v) is 11.7. The van der Waals surface area contributed by atoms with Crippen molar-refractivity contribution in [3.8, 4) is 0 Å². The van der Waals surface area contributed by atoms with Crippen molar-refractivity contribution in [2.45, 2.75) is 33.1 Å². The number of nitrogens with one attached hydrogen (secondary N) is 1.